The number of hydrogen-bond donors (Lipinski definition) is 2. The normalized spacial score (nSPS) is 14.8. The van der Waals surface area contributed by atoms with Crippen molar-refractivity contribution >= 4 is 23.2 Å². The van der Waals surface area contributed by atoms with E-state index in [1.54, 1.807) is 24.3 Å². The first kappa shape index (κ1) is 13.1. The number of aliphatic hydroxyl groups excluding tert-OH is 1. The van der Waals surface area contributed by atoms with Crippen molar-refractivity contribution in [3.8, 4) is 0 Å². The minimum Gasteiger partial charge on any atom is -0.384 e. The molecule has 20 heavy (non-hydrogen) atoms. The van der Waals surface area contributed by atoms with Crippen LogP contribution < -0.4 is 5.32 Å². The first-order valence-electron chi connectivity index (χ1n) is 6.10. The molecule has 0 aliphatic carbocycles. The third-order valence-corrected chi connectivity index (χ3v) is 3.52. The van der Waals surface area contributed by atoms with E-state index in [4.69, 9.17) is 11.6 Å². The van der Waals surface area contributed by atoms with Gasteiger partial charge in [-0.15, -0.1) is 0 Å². The molecule has 1 atom stereocenters. The summed E-state index contributed by atoms with van der Waals surface area (Å²) in [5.41, 5.74) is 1.94. The second kappa shape index (κ2) is 4.89. The SMILES string of the molecule is O=C1Cc2cc(F)cc(C(O)c3cccc(Cl)c3)c2N1. The molecule has 0 bridgehead atoms. The van der Waals surface area contributed by atoms with Crippen molar-refractivity contribution < 1.29 is 14.3 Å². The summed E-state index contributed by atoms with van der Waals surface area (Å²) < 4.78 is 13.6. The van der Waals surface area contributed by atoms with E-state index in [0.717, 1.165) is 0 Å². The number of rotatable bonds is 2. The van der Waals surface area contributed by atoms with Gasteiger partial charge < -0.3 is 10.4 Å². The van der Waals surface area contributed by atoms with Crippen molar-refractivity contribution in [1.29, 1.82) is 0 Å². The van der Waals surface area contributed by atoms with Crippen LogP contribution in [0.2, 0.25) is 5.02 Å². The number of halogens is 2. The fourth-order valence-electron chi connectivity index (χ4n) is 2.41. The first-order chi connectivity index (χ1) is 9.54. The van der Waals surface area contributed by atoms with Gasteiger partial charge in [-0.05, 0) is 35.4 Å². The topological polar surface area (TPSA) is 49.3 Å². The Morgan fingerprint density at radius 3 is 2.85 bits per heavy atom. The fourth-order valence-corrected chi connectivity index (χ4v) is 2.61. The number of aliphatic hydroxyl groups is 1. The molecular weight excluding hydrogens is 281 g/mol. The van der Waals surface area contributed by atoms with E-state index in [1.165, 1.54) is 12.1 Å². The Balaban J connectivity index is 2.09. The zero-order valence-electron chi connectivity index (χ0n) is 10.4. The van der Waals surface area contributed by atoms with Gasteiger partial charge in [-0.25, -0.2) is 4.39 Å². The number of benzene rings is 2. The smallest absolute Gasteiger partial charge is 0.228 e. The average molecular weight is 292 g/mol. The van der Waals surface area contributed by atoms with Gasteiger partial charge in [0, 0.05) is 10.6 Å². The first-order valence-corrected chi connectivity index (χ1v) is 6.48. The highest BCUT2D eigenvalue weighted by atomic mass is 35.5. The monoisotopic (exact) mass is 291 g/mol. The lowest BCUT2D eigenvalue weighted by Gasteiger charge is -2.16. The van der Waals surface area contributed by atoms with Crippen LogP contribution in [0.4, 0.5) is 10.1 Å². The Labute approximate surface area is 120 Å². The Bertz CT molecular complexity index is 702. The van der Waals surface area contributed by atoms with E-state index in [2.05, 4.69) is 5.32 Å². The number of fused-ring (bicyclic) bond motifs is 1. The number of amides is 1. The number of anilines is 1. The van der Waals surface area contributed by atoms with Crippen molar-refractivity contribution in [2.45, 2.75) is 12.5 Å². The lowest BCUT2D eigenvalue weighted by Crippen LogP contribution is -2.07. The molecule has 102 valence electrons. The predicted molar refractivity (Wildman–Crippen MR) is 74.2 cm³/mol. The maximum absolute atomic E-state index is 13.6. The molecule has 5 heteroatoms. The molecule has 2 aromatic carbocycles. The van der Waals surface area contributed by atoms with Crippen molar-refractivity contribution in [3.05, 3.63) is 63.9 Å². The van der Waals surface area contributed by atoms with Crippen molar-refractivity contribution in [2.24, 2.45) is 0 Å². The molecule has 1 unspecified atom stereocenters. The Morgan fingerprint density at radius 1 is 1.30 bits per heavy atom. The van der Waals surface area contributed by atoms with Gasteiger partial charge in [-0.2, -0.15) is 0 Å². The highest BCUT2D eigenvalue weighted by Gasteiger charge is 2.25. The summed E-state index contributed by atoms with van der Waals surface area (Å²) in [4.78, 5) is 11.4. The molecule has 0 fully saturated rings. The van der Waals surface area contributed by atoms with Crippen LogP contribution in [0.15, 0.2) is 36.4 Å². The van der Waals surface area contributed by atoms with Crippen LogP contribution in [0.1, 0.15) is 22.8 Å². The summed E-state index contributed by atoms with van der Waals surface area (Å²) in [7, 11) is 0. The molecule has 2 aromatic rings. The van der Waals surface area contributed by atoms with Crippen LogP contribution in [0.5, 0.6) is 0 Å². The van der Waals surface area contributed by atoms with E-state index in [1.807, 2.05) is 0 Å². The number of carbonyl (C=O) groups excluding carboxylic acids is 1. The van der Waals surface area contributed by atoms with E-state index >= 15 is 0 Å². The summed E-state index contributed by atoms with van der Waals surface area (Å²) in [6.45, 7) is 0. The third kappa shape index (κ3) is 2.28. The van der Waals surface area contributed by atoms with Gasteiger partial charge >= 0.3 is 0 Å². The molecule has 0 radical (unpaired) electrons. The number of nitrogens with one attached hydrogen (secondary N) is 1. The molecule has 1 amide bonds. The summed E-state index contributed by atoms with van der Waals surface area (Å²) in [6, 6.07) is 9.25. The van der Waals surface area contributed by atoms with Gasteiger partial charge in [-0.3, -0.25) is 4.79 Å². The van der Waals surface area contributed by atoms with Crippen molar-refractivity contribution in [3.63, 3.8) is 0 Å². The molecule has 0 spiro atoms. The van der Waals surface area contributed by atoms with Crippen LogP contribution in [-0.2, 0) is 11.2 Å². The quantitative estimate of drug-likeness (QED) is 0.893. The summed E-state index contributed by atoms with van der Waals surface area (Å²) in [5, 5.41) is 13.6. The Morgan fingerprint density at radius 2 is 2.10 bits per heavy atom. The van der Waals surface area contributed by atoms with Gasteiger partial charge in [0.25, 0.3) is 0 Å². The van der Waals surface area contributed by atoms with E-state index < -0.39 is 11.9 Å². The van der Waals surface area contributed by atoms with Crippen LogP contribution in [-0.4, -0.2) is 11.0 Å². The van der Waals surface area contributed by atoms with E-state index in [9.17, 15) is 14.3 Å². The molecule has 1 aliphatic heterocycles. The standard InChI is InChI=1S/C15H11ClFNO2/c16-10-3-1-2-8(4-10)15(20)12-7-11(17)5-9-6-13(19)18-14(9)12/h1-5,7,15,20H,6H2,(H,18,19). The molecular formula is C15H11ClFNO2. The van der Waals surface area contributed by atoms with Gasteiger partial charge in [-0.1, -0.05) is 23.7 Å². The zero-order chi connectivity index (χ0) is 14.3. The lowest BCUT2D eigenvalue weighted by atomic mass is 9.97. The fraction of sp³-hybridized carbons (Fsp3) is 0.133. The summed E-state index contributed by atoms with van der Waals surface area (Å²) in [6.07, 6.45) is -0.918. The molecule has 2 N–H and O–H groups in total. The average Bonchev–Trinajstić information content (AvgIpc) is 2.77. The lowest BCUT2D eigenvalue weighted by molar-refractivity contribution is -0.115. The summed E-state index contributed by atoms with van der Waals surface area (Å²) >= 11 is 5.89. The Hall–Kier alpha value is -1.91. The second-order valence-corrected chi connectivity index (χ2v) is 5.15. The van der Waals surface area contributed by atoms with Crippen LogP contribution in [0, 0.1) is 5.82 Å². The molecule has 3 rings (SSSR count). The largest absolute Gasteiger partial charge is 0.384 e. The molecule has 0 aromatic heterocycles. The van der Waals surface area contributed by atoms with Crippen LogP contribution >= 0.6 is 11.6 Å². The van der Waals surface area contributed by atoms with Gasteiger partial charge in [0.05, 0.1) is 12.1 Å². The third-order valence-electron chi connectivity index (χ3n) is 3.29. The zero-order valence-corrected chi connectivity index (χ0v) is 11.1. The molecule has 0 saturated carbocycles. The molecule has 3 nitrogen and oxygen atoms in total. The Kier molecular flexibility index (Phi) is 3.20. The van der Waals surface area contributed by atoms with E-state index in [-0.39, 0.29) is 12.3 Å². The maximum Gasteiger partial charge on any atom is 0.228 e. The van der Waals surface area contributed by atoms with Crippen molar-refractivity contribution in [1.82, 2.24) is 0 Å². The van der Waals surface area contributed by atoms with Gasteiger partial charge in [0.2, 0.25) is 5.91 Å². The van der Waals surface area contributed by atoms with Crippen molar-refractivity contribution in [2.75, 3.05) is 5.32 Å². The maximum atomic E-state index is 13.6. The van der Waals surface area contributed by atoms with Crippen LogP contribution in [0.25, 0.3) is 0 Å². The second-order valence-electron chi connectivity index (χ2n) is 4.71. The highest BCUT2D eigenvalue weighted by Crippen LogP contribution is 2.35. The van der Waals surface area contributed by atoms with E-state index in [0.29, 0.717) is 27.4 Å². The predicted octanol–water partition coefficient (Wildman–Crippen LogP) is 3.06. The number of carbonyl (C=O) groups is 1. The summed E-state index contributed by atoms with van der Waals surface area (Å²) in [5.74, 6) is -0.679. The number of hydrogen-bond acceptors (Lipinski definition) is 2. The van der Waals surface area contributed by atoms with Crippen LogP contribution in [0.3, 0.4) is 0 Å². The minimum absolute atomic E-state index is 0.127. The van der Waals surface area contributed by atoms with Gasteiger partial charge in [0.15, 0.2) is 0 Å². The minimum atomic E-state index is -1.04. The van der Waals surface area contributed by atoms with Gasteiger partial charge in [0.1, 0.15) is 11.9 Å². The molecule has 1 heterocycles. The molecule has 1 aliphatic rings. The highest BCUT2D eigenvalue weighted by molar-refractivity contribution is 6.30. The molecule has 0 saturated heterocycles.